The summed E-state index contributed by atoms with van der Waals surface area (Å²) in [5.41, 5.74) is 0.121. The van der Waals surface area contributed by atoms with Crippen molar-refractivity contribution in [3.05, 3.63) is 89.9 Å². The van der Waals surface area contributed by atoms with Crippen molar-refractivity contribution in [3.8, 4) is 0 Å². The average molecular weight is 391 g/mol. The third-order valence-corrected chi connectivity index (χ3v) is 4.79. The molecule has 1 heterocycles. The second-order valence-electron chi connectivity index (χ2n) is 5.74. The highest BCUT2D eigenvalue weighted by Crippen LogP contribution is 2.32. The quantitative estimate of drug-likeness (QED) is 0.580. The van der Waals surface area contributed by atoms with E-state index in [2.05, 4.69) is 5.32 Å². The van der Waals surface area contributed by atoms with Gasteiger partial charge in [0.25, 0.3) is 0 Å². The van der Waals surface area contributed by atoms with E-state index in [-0.39, 0.29) is 11.7 Å². The molecule has 0 radical (unpaired) electrons. The van der Waals surface area contributed by atoms with Crippen LogP contribution in [-0.4, -0.2) is 11.7 Å². The predicted molar refractivity (Wildman–Crippen MR) is 97.3 cm³/mol. The SMILES string of the molecule is O=C(CSc1cccc(C(F)(F)F)c1)NC(c1ccccc1)c1ccco1. The summed E-state index contributed by atoms with van der Waals surface area (Å²) < 4.78 is 43.8. The van der Waals surface area contributed by atoms with E-state index >= 15 is 0 Å². The predicted octanol–water partition coefficient (Wildman–Crippen LogP) is 5.30. The maximum atomic E-state index is 12.8. The second kappa shape index (κ2) is 8.35. The Hall–Kier alpha value is -2.67. The van der Waals surface area contributed by atoms with E-state index in [1.165, 1.54) is 12.3 Å². The molecule has 0 aliphatic rings. The van der Waals surface area contributed by atoms with Gasteiger partial charge in [0, 0.05) is 4.90 Å². The molecule has 0 bridgehead atoms. The Morgan fingerprint density at radius 1 is 1.04 bits per heavy atom. The molecule has 3 rings (SSSR count). The highest BCUT2D eigenvalue weighted by molar-refractivity contribution is 8.00. The molecule has 1 amide bonds. The van der Waals surface area contributed by atoms with Crippen molar-refractivity contribution < 1.29 is 22.4 Å². The summed E-state index contributed by atoms with van der Waals surface area (Å²) in [5, 5.41) is 2.88. The van der Waals surface area contributed by atoms with E-state index in [1.54, 1.807) is 18.2 Å². The van der Waals surface area contributed by atoms with Gasteiger partial charge in [0.05, 0.1) is 17.6 Å². The monoisotopic (exact) mass is 391 g/mol. The van der Waals surface area contributed by atoms with Gasteiger partial charge in [-0.25, -0.2) is 0 Å². The van der Waals surface area contributed by atoms with Crippen LogP contribution in [0.15, 0.2) is 82.3 Å². The van der Waals surface area contributed by atoms with E-state index in [1.807, 2.05) is 30.3 Å². The molecule has 0 spiro atoms. The Bertz CT molecular complexity index is 880. The number of carbonyl (C=O) groups is 1. The molecule has 1 atom stereocenters. The third-order valence-electron chi connectivity index (χ3n) is 3.80. The number of rotatable bonds is 6. The van der Waals surface area contributed by atoms with Gasteiger partial charge in [-0.2, -0.15) is 13.2 Å². The van der Waals surface area contributed by atoms with Gasteiger partial charge in [-0.15, -0.1) is 11.8 Å². The van der Waals surface area contributed by atoms with Gasteiger partial charge in [0.2, 0.25) is 5.91 Å². The van der Waals surface area contributed by atoms with Crippen LogP contribution < -0.4 is 5.32 Å². The first-order chi connectivity index (χ1) is 12.9. The molecule has 3 nitrogen and oxygen atoms in total. The molecule has 1 unspecified atom stereocenters. The number of halogens is 3. The van der Waals surface area contributed by atoms with Gasteiger partial charge >= 0.3 is 6.18 Å². The van der Waals surface area contributed by atoms with Gasteiger partial charge in [0.15, 0.2) is 0 Å². The summed E-state index contributed by atoms with van der Waals surface area (Å²) in [6, 6.07) is 17.3. The molecule has 0 fully saturated rings. The van der Waals surface area contributed by atoms with Crippen LogP contribution >= 0.6 is 11.8 Å². The highest BCUT2D eigenvalue weighted by Gasteiger charge is 2.30. The molecule has 27 heavy (non-hydrogen) atoms. The van der Waals surface area contributed by atoms with Gasteiger partial charge in [-0.1, -0.05) is 36.4 Å². The zero-order chi connectivity index (χ0) is 19.3. The minimum Gasteiger partial charge on any atom is -0.467 e. The Morgan fingerprint density at radius 2 is 1.81 bits per heavy atom. The fourth-order valence-corrected chi connectivity index (χ4v) is 3.30. The summed E-state index contributed by atoms with van der Waals surface area (Å²) in [4.78, 5) is 12.8. The topological polar surface area (TPSA) is 42.2 Å². The summed E-state index contributed by atoms with van der Waals surface area (Å²) in [5.74, 6) is 0.270. The van der Waals surface area contributed by atoms with Crippen LogP contribution in [0.1, 0.15) is 22.9 Å². The molecular formula is C20H16F3NO2S. The number of benzene rings is 2. The first-order valence-electron chi connectivity index (χ1n) is 8.11. The normalized spacial score (nSPS) is 12.6. The lowest BCUT2D eigenvalue weighted by Gasteiger charge is -2.17. The smallest absolute Gasteiger partial charge is 0.416 e. The number of carbonyl (C=O) groups excluding carboxylic acids is 1. The molecule has 3 aromatic rings. The lowest BCUT2D eigenvalue weighted by molar-refractivity contribution is -0.137. The minimum atomic E-state index is -4.41. The second-order valence-corrected chi connectivity index (χ2v) is 6.79. The lowest BCUT2D eigenvalue weighted by atomic mass is 10.0. The molecule has 0 aliphatic carbocycles. The summed E-state index contributed by atoms with van der Waals surface area (Å²) in [7, 11) is 0. The maximum absolute atomic E-state index is 12.8. The fraction of sp³-hybridized carbons (Fsp3) is 0.150. The Kier molecular flexibility index (Phi) is 5.91. The van der Waals surface area contributed by atoms with Crippen LogP contribution in [0, 0.1) is 0 Å². The van der Waals surface area contributed by atoms with E-state index in [0.29, 0.717) is 10.7 Å². The minimum absolute atomic E-state index is 0.00858. The van der Waals surface area contributed by atoms with Crippen molar-refractivity contribution in [1.29, 1.82) is 0 Å². The van der Waals surface area contributed by atoms with Crippen LogP contribution in [0.5, 0.6) is 0 Å². The average Bonchev–Trinajstić information content (AvgIpc) is 3.19. The van der Waals surface area contributed by atoms with Crippen LogP contribution in [0.3, 0.4) is 0 Å². The van der Waals surface area contributed by atoms with Crippen molar-refractivity contribution in [2.75, 3.05) is 5.75 Å². The van der Waals surface area contributed by atoms with Crippen LogP contribution in [0.4, 0.5) is 13.2 Å². The van der Waals surface area contributed by atoms with Crippen molar-refractivity contribution in [1.82, 2.24) is 5.32 Å². The fourth-order valence-electron chi connectivity index (χ4n) is 2.53. The Labute approximate surface area is 158 Å². The first-order valence-corrected chi connectivity index (χ1v) is 9.10. The lowest BCUT2D eigenvalue weighted by Crippen LogP contribution is -2.30. The molecule has 1 aromatic heterocycles. The zero-order valence-electron chi connectivity index (χ0n) is 14.1. The molecule has 1 N–H and O–H groups in total. The zero-order valence-corrected chi connectivity index (χ0v) is 14.9. The molecule has 140 valence electrons. The summed E-state index contributed by atoms with van der Waals surface area (Å²) >= 11 is 1.05. The van der Waals surface area contributed by atoms with E-state index in [4.69, 9.17) is 4.42 Å². The van der Waals surface area contributed by atoms with Crippen molar-refractivity contribution in [2.45, 2.75) is 17.1 Å². The number of hydrogen-bond donors (Lipinski definition) is 1. The highest BCUT2D eigenvalue weighted by atomic mass is 32.2. The van der Waals surface area contributed by atoms with Gasteiger partial charge in [-0.05, 0) is 35.9 Å². The standard InChI is InChI=1S/C20H16F3NO2S/c21-20(22,23)15-8-4-9-16(12-15)27-13-18(25)24-19(17-10-5-11-26-17)14-6-2-1-3-7-14/h1-12,19H,13H2,(H,24,25). The number of furan rings is 1. The molecule has 2 aromatic carbocycles. The molecular weight excluding hydrogens is 375 g/mol. The molecule has 0 saturated heterocycles. The van der Waals surface area contributed by atoms with Crippen LogP contribution in [-0.2, 0) is 11.0 Å². The molecule has 7 heteroatoms. The molecule has 0 saturated carbocycles. The van der Waals surface area contributed by atoms with Crippen molar-refractivity contribution >= 4 is 17.7 Å². The number of alkyl halides is 3. The number of hydrogen-bond acceptors (Lipinski definition) is 3. The number of thioether (sulfide) groups is 1. The first kappa shape index (κ1) is 19.1. The number of nitrogens with one attached hydrogen (secondary N) is 1. The van der Waals surface area contributed by atoms with E-state index in [9.17, 15) is 18.0 Å². The van der Waals surface area contributed by atoms with Gasteiger partial charge in [-0.3, -0.25) is 4.79 Å². The maximum Gasteiger partial charge on any atom is 0.416 e. The summed E-state index contributed by atoms with van der Waals surface area (Å²) in [6.45, 7) is 0. The van der Waals surface area contributed by atoms with Crippen molar-refractivity contribution in [2.24, 2.45) is 0 Å². The van der Waals surface area contributed by atoms with Crippen molar-refractivity contribution in [3.63, 3.8) is 0 Å². The van der Waals surface area contributed by atoms with Gasteiger partial charge < -0.3 is 9.73 Å². The van der Waals surface area contributed by atoms with Crippen LogP contribution in [0.25, 0.3) is 0 Å². The third kappa shape index (κ3) is 5.17. The Balaban J connectivity index is 1.67. The molecule has 0 aliphatic heterocycles. The van der Waals surface area contributed by atoms with E-state index < -0.39 is 17.8 Å². The Morgan fingerprint density at radius 3 is 2.48 bits per heavy atom. The van der Waals surface area contributed by atoms with E-state index in [0.717, 1.165) is 29.5 Å². The van der Waals surface area contributed by atoms with Crippen LogP contribution in [0.2, 0.25) is 0 Å². The van der Waals surface area contributed by atoms with Gasteiger partial charge in [0.1, 0.15) is 11.8 Å². The summed E-state index contributed by atoms with van der Waals surface area (Å²) in [6.07, 6.45) is -2.88. The number of amides is 1. The largest absolute Gasteiger partial charge is 0.467 e.